The van der Waals surface area contributed by atoms with E-state index >= 15 is 0 Å². The van der Waals surface area contributed by atoms with E-state index in [9.17, 15) is 14.4 Å². The Kier molecular flexibility index (Phi) is 6.65. The minimum atomic E-state index is -0.431. The highest BCUT2D eigenvalue weighted by Crippen LogP contribution is 2.19. The van der Waals surface area contributed by atoms with Gasteiger partial charge in [-0.1, -0.05) is 36.4 Å². The molecule has 7 nitrogen and oxygen atoms in total. The Hall–Kier alpha value is -3.22. The Morgan fingerprint density at radius 2 is 1.60 bits per heavy atom. The molecule has 0 unspecified atom stereocenters. The summed E-state index contributed by atoms with van der Waals surface area (Å²) in [6.07, 6.45) is 1.66. The second-order valence-corrected chi connectivity index (χ2v) is 5.35. The van der Waals surface area contributed by atoms with E-state index in [0.29, 0.717) is 5.69 Å². The van der Waals surface area contributed by atoms with Crippen LogP contribution in [-0.4, -0.2) is 35.8 Å². The van der Waals surface area contributed by atoms with Crippen molar-refractivity contribution in [1.82, 2.24) is 20.9 Å². The second-order valence-electron chi connectivity index (χ2n) is 5.35. The smallest absolute Gasteiger partial charge is 0.240 e. The van der Waals surface area contributed by atoms with Crippen LogP contribution in [0.5, 0.6) is 0 Å². The van der Waals surface area contributed by atoms with Crippen LogP contribution in [-0.2, 0) is 14.4 Å². The molecule has 0 aliphatic carbocycles. The molecule has 1 atom stereocenters. The van der Waals surface area contributed by atoms with Crippen LogP contribution in [0.1, 0.15) is 24.2 Å². The van der Waals surface area contributed by atoms with Crippen molar-refractivity contribution in [3.63, 3.8) is 0 Å². The summed E-state index contributed by atoms with van der Waals surface area (Å²) >= 11 is 0. The highest BCUT2D eigenvalue weighted by molar-refractivity contribution is 5.87. The molecule has 0 radical (unpaired) electrons. The third-order valence-electron chi connectivity index (χ3n) is 3.37. The van der Waals surface area contributed by atoms with Crippen molar-refractivity contribution >= 4 is 17.7 Å². The lowest BCUT2D eigenvalue weighted by molar-refractivity contribution is -0.127. The van der Waals surface area contributed by atoms with E-state index in [2.05, 4.69) is 20.9 Å². The van der Waals surface area contributed by atoms with Gasteiger partial charge in [0.15, 0.2) is 0 Å². The molecule has 1 aromatic heterocycles. The van der Waals surface area contributed by atoms with Crippen molar-refractivity contribution in [3.05, 3.63) is 66.0 Å². The van der Waals surface area contributed by atoms with Gasteiger partial charge in [0, 0.05) is 13.1 Å². The van der Waals surface area contributed by atoms with Crippen molar-refractivity contribution in [3.8, 4) is 0 Å². The van der Waals surface area contributed by atoms with Gasteiger partial charge in [0.2, 0.25) is 17.7 Å². The largest absolute Gasteiger partial charge is 0.347 e. The lowest BCUT2D eigenvalue weighted by atomic mass is 10.0. The number of rotatable bonds is 7. The van der Waals surface area contributed by atoms with Crippen LogP contribution in [0.25, 0.3) is 0 Å². The van der Waals surface area contributed by atoms with Crippen LogP contribution in [0.2, 0.25) is 0 Å². The van der Waals surface area contributed by atoms with E-state index in [-0.39, 0.29) is 24.9 Å². The molecule has 2 aromatic rings. The highest BCUT2D eigenvalue weighted by atomic mass is 16.2. The van der Waals surface area contributed by atoms with Gasteiger partial charge in [-0.15, -0.1) is 0 Å². The molecule has 0 bridgehead atoms. The highest BCUT2D eigenvalue weighted by Gasteiger charge is 2.18. The first-order valence-corrected chi connectivity index (χ1v) is 7.82. The SMILES string of the molecule is CC(=O)NCC(=O)NCC(=O)N[C@@H](c1ccccc1)c1ccccn1. The van der Waals surface area contributed by atoms with Crippen molar-refractivity contribution in [2.45, 2.75) is 13.0 Å². The maximum atomic E-state index is 12.2. The fourth-order valence-electron chi connectivity index (χ4n) is 2.18. The first-order valence-electron chi connectivity index (χ1n) is 7.82. The van der Waals surface area contributed by atoms with E-state index in [4.69, 9.17) is 0 Å². The number of pyridine rings is 1. The lowest BCUT2D eigenvalue weighted by Gasteiger charge is -2.19. The number of amides is 3. The Bertz CT molecular complexity index is 680. The van der Waals surface area contributed by atoms with E-state index in [1.165, 1.54) is 6.92 Å². The lowest BCUT2D eigenvalue weighted by Crippen LogP contribution is -2.42. The molecular weight excluding hydrogens is 320 g/mol. The third kappa shape index (κ3) is 6.06. The fraction of sp³-hybridized carbons (Fsp3) is 0.222. The van der Waals surface area contributed by atoms with E-state index in [1.807, 2.05) is 42.5 Å². The van der Waals surface area contributed by atoms with E-state index in [1.54, 1.807) is 12.3 Å². The average molecular weight is 340 g/mol. The van der Waals surface area contributed by atoms with Gasteiger partial charge in [-0.2, -0.15) is 0 Å². The topological polar surface area (TPSA) is 100 Å². The Balaban J connectivity index is 1.99. The molecule has 0 aliphatic heterocycles. The molecule has 0 saturated carbocycles. The third-order valence-corrected chi connectivity index (χ3v) is 3.37. The Morgan fingerprint density at radius 1 is 0.920 bits per heavy atom. The number of nitrogens with one attached hydrogen (secondary N) is 3. The number of nitrogens with zero attached hydrogens (tertiary/aromatic N) is 1. The van der Waals surface area contributed by atoms with Crippen LogP contribution in [0, 0.1) is 0 Å². The average Bonchev–Trinajstić information content (AvgIpc) is 2.64. The number of benzene rings is 1. The minimum Gasteiger partial charge on any atom is -0.347 e. The molecule has 25 heavy (non-hydrogen) atoms. The minimum absolute atomic E-state index is 0.162. The summed E-state index contributed by atoms with van der Waals surface area (Å²) in [5, 5.41) is 7.70. The number of hydrogen-bond acceptors (Lipinski definition) is 4. The summed E-state index contributed by atoms with van der Waals surface area (Å²) < 4.78 is 0. The predicted molar refractivity (Wildman–Crippen MR) is 92.4 cm³/mol. The molecule has 2 rings (SSSR count). The molecule has 3 N–H and O–H groups in total. The zero-order chi connectivity index (χ0) is 18.1. The van der Waals surface area contributed by atoms with Crippen LogP contribution in [0.15, 0.2) is 54.7 Å². The van der Waals surface area contributed by atoms with Gasteiger partial charge < -0.3 is 16.0 Å². The van der Waals surface area contributed by atoms with E-state index in [0.717, 1.165) is 5.56 Å². The maximum absolute atomic E-state index is 12.2. The van der Waals surface area contributed by atoms with Crippen LogP contribution < -0.4 is 16.0 Å². The summed E-state index contributed by atoms with van der Waals surface area (Å²) in [6, 6.07) is 14.5. The molecule has 0 spiro atoms. The van der Waals surface area contributed by atoms with Crippen molar-refractivity contribution in [2.24, 2.45) is 0 Å². The number of carbonyl (C=O) groups excluding carboxylic acids is 3. The van der Waals surface area contributed by atoms with Crippen molar-refractivity contribution in [2.75, 3.05) is 13.1 Å². The molecular formula is C18H20N4O3. The molecule has 0 fully saturated rings. The number of aromatic nitrogens is 1. The first kappa shape index (κ1) is 18.1. The van der Waals surface area contributed by atoms with Crippen molar-refractivity contribution in [1.29, 1.82) is 0 Å². The van der Waals surface area contributed by atoms with Crippen LogP contribution in [0.3, 0.4) is 0 Å². The monoisotopic (exact) mass is 340 g/mol. The van der Waals surface area contributed by atoms with Gasteiger partial charge >= 0.3 is 0 Å². The molecule has 0 aliphatic rings. The first-order chi connectivity index (χ1) is 12.1. The summed E-state index contributed by atoms with van der Waals surface area (Å²) in [7, 11) is 0. The molecule has 1 heterocycles. The van der Waals surface area contributed by atoms with E-state index < -0.39 is 11.9 Å². The van der Waals surface area contributed by atoms with Crippen LogP contribution in [0.4, 0.5) is 0 Å². The Morgan fingerprint density at radius 3 is 2.24 bits per heavy atom. The predicted octanol–water partition coefficient (Wildman–Crippen LogP) is 0.540. The van der Waals surface area contributed by atoms with Gasteiger partial charge in [0.25, 0.3) is 0 Å². The standard InChI is InChI=1S/C18H20N4O3/c1-13(23)20-11-16(24)21-12-17(25)22-18(14-7-3-2-4-8-14)15-9-5-6-10-19-15/h2-10,18H,11-12H2,1H3,(H,20,23)(H,21,24)(H,22,25)/t18-/m0/s1. The van der Waals surface area contributed by atoms with Gasteiger partial charge in [0.05, 0.1) is 24.8 Å². The van der Waals surface area contributed by atoms with Crippen LogP contribution >= 0.6 is 0 Å². The molecule has 0 saturated heterocycles. The van der Waals surface area contributed by atoms with Crippen molar-refractivity contribution < 1.29 is 14.4 Å². The number of carbonyl (C=O) groups is 3. The maximum Gasteiger partial charge on any atom is 0.240 e. The number of hydrogen-bond donors (Lipinski definition) is 3. The molecule has 3 amide bonds. The van der Waals surface area contributed by atoms with Gasteiger partial charge in [-0.25, -0.2) is 0 Å². The molecule has 130 valence electrons. The quantitative estimate of drug-likeness (QED) is 0.685. The molecule has 7 heteroatoms. The summed E-state index contributed by atoms with van der Waals surface area (Å²) in [5.74, 6) is -1.09. The summed E-state index contributed by atoms with van der Waals surface area (Å²) in [6.45, 7) is 0.969. The normalized spacial score (nSPS) is 11.2. The van der Waals surface area contributed by atoms with Gasteiger partial charge in [-0.3, -0.25) is 19.4 Å². The zero-order valence-corrected chi connectivity index (χ0v) is 13.9. The zero-order valence-electron chi connectivity index (χ0n) is 13.9. The Labute approximate surface area is 145 Å². The summed E-state index contributed by atoms with van der Waals surface area (Å²) in [4.78, 5) is 38.8. The fourth-order valence-corrected chi connectivity index (χ4v) is 2.18. The van der Waals surface area contributed by atoms with Gasteiger partial charge in [-0.05, 0) is 17.7 Å². The molecule has 1 aromatic carbocycles. The second kappa shape index (κ2) is 9.17. The van der Waals surface area contributed by atoms with Gasteiger partial charge in [0.1, 0.15) is 0 Å². The summed E-state index contributed by atoms with van der Waals surface area (Å²) in [5.41, 5.74) is 1.59.